The minimum atomic E-state index is -0.433. The molecule has 2 heterocycles. The maximum atomic E-state index is 13.3. The first-order chi connectivity index (χ1) is 16.1. The quantitative estimate of drug-likeness (QED) is 0.557. The second-order valence-corrected chi connectivity index (χ2v) is 8.62. The monoisotopic (exact) mass is 466 g/mol. The number of benzene rings is 2. The van der Waals surface area contributed by atoms with E-state index in [1.54, 1.807) is 41.3 Å². The summed E-state index contributed by atoms with van der Waals surface area (Å²) in [5.41, 5.74) is 1.70. The lowest BCUT2D eigenvalue weighted by Crippen LogP contribution is -2.33. The van der Waals surface area contributed by atoms with Gasteiger partial charge in [-0.05, 0) is 56.0 Å². The molecule has 170 valence electrons. The van der Waals surface area contributed by atoms with Gasteiger partial charge in [0.15, 0.2) is 0 Å². The molecule has 1 N–H and O–H groups in total. The second-order valence-electron chi connectivity index (χ2n) is 8.22. The van der Waals surface area contributed by atoms with Crippen molar-refractivity contribution in [3.05, 3.63) is 65.0 Å². The summed E-state index contributed by atoms with van der Waals surface area (Å²) in [5.74, 6) is 0.322. The number of halogens is 1. The Morgan fingerprint density at radius 1 is 1.09 bits per heavy atom. The molecule has 1 aromatic heterocycles. The number of hydrogen-bond donors (Lipinski definition) is 1. The largest absolute Gasteiger partial charge is 0.419 e. The summed E-state index contributed by atoms with van der Waals surface area (Å²) >= 11 is 6.23. The van der Waals surface area contributed by atoms with Crippen LogP contribution in [-0.2, 0) is 16.1 Å². The first kappa shape index (κ1) is 21.6. The molecule has 9 heteroatoms. The van der Waals surface area contributed by atoms with Gasteiger partial charge in [-0.15, -0.1) is 10.2 Å². The van der Waals surface area contributed by atoms with Gasteiger partial charge in [0.1, 0.15) is 6.10 Å². The van der Waals surface area contributed by atoms with E-state index < -0.39 is 6.10 Å². The van der Waals surface area contributed by atoms with Crippen molar-refractivity contribution < 1.29 is 18.7 Å². The van der Waals surface area contributed by atoms with Crippen LogP contribution in [0.15, 0.2) is 52.9 Å². The van der Waals surface area contributed by atoms with Crippen molar-refractivity contribution in [2.75, 3.05) is 11.9 Å². The number of aromatic nitrogens is 2. The topological polar surface area (TPSA) is 97.6 Å². The zero-order valence-electron chi connectivity index (χ0n) is 17.9. The molecule has 1 saturated heterocycles. The highest BCUT2D eigenvalue weighted by molar-refractivity contribution is 6.33. The third kappa shape index (κ3) is 4.91. The molecule has 1 atom stereocenters. The molecule has 2 fully saturated rings. The Hall–Kier alpha value is -3.23. The maximum absolute atomic E-state index is 13.3. The van der Waals surface area contributed by atoms with E-state index in [-0.39, 0.29) is 24.4 Å². The molecule has 0 radical (unpaired) electrons. The molecular formula is C24H23ClN4O4. The fraction of sp³-hybridized carbons (Fsp3) is 0.333. The van der Waals surface area contributed by atoms with Crippen LogP contribution >= 0.6 is 11.6 Å². The SMILES string of the molecule is O=C(Nc1cccc(C(=O)N(Cc2nnc(-c3ccccc3Cl)o2)C2CC2)c1)[C@@H]1CCCO1. The Morgan fingerprint density at radius 3 is 2.70 bits per heavy atom. The van der Waals surface area contributed by atoms with Gasteiger partial charge in [-0.3, -0.25) is 9.59 Å². The van der Waals surface area contributed by atoms with E-state index in [9.17, 15) is 9.59 Å². The van der Waals surface area contributed by atoms with E-state index >= 15 is 0 Å². The first-order valence-corrected chi connectivity index (χ1v) is 11.4. The minimum Gasteiger partial charge on any atom is -0.419 e. The number of rotatable bonds is 7. The fourth-order valence-corrected chi connectivity index (χ4v) is 4.08. The molecule has 5 rings (SSSR count). The Kier molecular flexibility index (Phi) is 6.11. The standard InChI is InChI=1S/C24H23ClN4O4/c25-19-8-2-1-7-18(19)23-28-27-21(33-23)14-29(17-10-11-17)24(31)15-5-3-6-16(13-15)26-22(30)20-9-4-12-32-20/h1-3,5-8,13,17,20H,4,9-12,14H2,(H,26,30)/t20-/m0/s1. The lowest BCUT2D eigenvalue weighted by molar-refractivity contribution is -0.124. The fourth-order valence-electron chi connectivity index (χ4n) is 3.86. The minimum absolute atomic E-state index is 0.123. The van der Waals surface area contributed by atoms with Crippen molar-refractivity contribution in [2.45, 2.75) is 44.4 Å². The zero-order chi connectivity index (χ0) is 22.8. The molecule has 1 aliphatic heterocycles. The molecule has 2 aromatic carbocycles. The molecule has 2 aliphatic rings. The third-order valence-corrected chi connectivity index (χ3v) is 6.05. The van der Waals surface area contributed by atoms with E-state index in [1.807, 2.05) is 12.1 Å². The predicted molar refractivity (Wildman–Crippen MR) is 122 cm³/mol. The van der Waals surface area contributed by atoms with Crippen molar-refractivity contribution >= 4 is 29.1 Å². The van der Waals surface area contributed by atoms with Crippen molar-refractivity contribution in [3.8, 4) is 11.5 Å². The van der Waals surface area contributed by atoms with Crippen LogP contribution in [0.3, 0.4) is 0 Å². The molecule has 3 aromatic rings. The summed E-state index contributed by atoms with van der Waals surface area (Å²) < 4.78 is 11.2. The van der Waals surface area contributed by atoms with Crippen molar-refractivity contribution in [1.29, 1.82) is 0 Å². The molecule has 1 aliphatic carbocycles. The van der Waals surface area contributed by atoms with Crippen molar-refractivity contribution in [3.63, 3.8) is 0 Å². The average Bonchev–Trinajstić information content (AvgIpc) is 3.31. The summed E-state index contributed by atoms with van der Waals surface area (Å²) in [6.07, 6.45) is 3.00. The summed E-state index contributed by atoms with van der Waals surface area (Å²) in [7, 11) is 0. The maximum Gasteiger partial charge on any atom is 0.254 e. The van der Waals surface area contributed by atoms with E-state index in [1.165, 1.54) is 0 Å². The molecule has 1 saturated carbocycles. The summed E-state index contributed by atoms with van der Waals surface area (Å²) in [5, 5.41) is 11.6. The number of hydrogen-bond acceptors (Lipinski definition) is 6. The van der Waals surface area contributed by atoms with E-state index in [2.05, 4.69) is 15.5 Å². The van der Waals surface area contributed by atoms with Gasteiger partial charge in [-0.2, -0.15) is 0 Å². The number of nitrogens with one attached hydrogen (secondary N) is 1. The van der Waals surface area contributed by atoms with Crippen molar-refractivity contribution in [2.24, 2.45) is 0 Å². The number of nitrogens with zero attached hydrogens (tertiary/aromatic N) is 3. The average molecular weight is 467 g/mol. The van der Waals surface area contributed by atoms with Crippen LogP contribution in [0.5, 0.6) is 0 Å². The Balaban J connectivity index is 1.31. The van der Waals surface area contributed by atoms with Crippen molar-refractivity contribution in [1.82, 2.24) is 15.1 Å². The van der Waals surface area contributed by atoms with Gasteiger partial charge >= 0.3 is 0 Å². The highest BCUT2D eigenvalue weighted by Gasteiger charge is 2.34. The number of carbonyl (C=O) groups excluding carboxylic acids is 2. The Bertz CT molecular complexity index is 1170. The summed E-state index contributed by atoms with van der Waals surface area (Å²) in [6, 6.07) is 14.3. The van der Waals surface area contributed by atoms with Crippen LogP contribution in [0.25, 0.3) is 11.5 Å². The normalized spacial score (nSPS) is 17.7. The van der Waals surface area contributed by atoms with Gasteiger partial charge in [0, 0.05) is 23.9 Å². The van der Waals surface area contributed by atoms with E-state index in [0.29, 0.717) is 46.6 Å². The molecule has 33 heavy (non-hydrogen) atoms. The third-order valence-electron chi connectivity index (χ3n) is 5.72. The van der Waals surface area contributed by atoms with Gasteiger partial charge in [0.05, 0.1) is 17.1 Å². The van der Waals surface area contributed by atoms with Gasteiger partial charge < -0.3 is 19.4 Å². The van der Waals surface area contributed by atoms with Gasteiger partial charge in [0.25, 0.3) is 11.8 Å². The molecular weight excluding hydrogens is 444 g/mol. The Morgan fingerprint density at radius 2 is 1.94 bits per heavy atom. The summed E-state index contributed by atoms with van der Waals surface area (Å²) in [6.45, 7) is 0.800. The first-order valence-electron chi connectivity index (χ1n) is 11.0. The number of carbonyl (C=O) groups is 2. The van der Waals surface area contributed by atoms with Crippen LogP contribution < -0.4 is 5.32 Å². The highest BCUT2D eigenvalue weighted by atomic mass is 35.5. The van der Waals surface area contributed by atoms with Gasteiger partial charge in [-0.1, -0.05) is 29.8 Å². The number of ether oxygens (including phenoxy) is 1. The summed E-state index contributed by atoms with van der Waals surface area (Å²) in [4.78, 5) is 27.4. The lowest BCUT2D eigenvalue weighted by atomic mass is 10.1. The smallest absolute Gasteiger partial charge is 0.254 e. The van der Waals surface area contributed by atoms with Crippen LogP contribution in [0.1, 0.15) is 41.9 Å². The Labute approximate surface area is 195 Å². The zero-order valence-corrected chi connectivity index (χ0v) is 18.6. The lowest BCUT2D eigenvalue weighted by Gasteiger charge is -2.21. The van der Waals surface area contributed by atoms with E-state index in [4.69, 9.17) is 20.8 Å². The highest BCUT2D eigenvalue weighted by Crippen LogP contribution is 2.31. The van der Waals surface area contributed by atoms with Crippen LogP contribution in [0.4, 0.5) is 5.69 Å². The molecule has 0 unspecified atom stereocenters. The molecule has 0 spiro atoms. The second kappa shape index (κ2) is 9.33. The number of anilines is 1. The number of amides is 2. The molecule has 8 nitrogen and oxygen atoms in total. The van der Waals surface area contributed by atoms with Crippen LogP contribution in [-0.4, -0.2) is 45.7 Å². The van der Waals surface area contributed by atoms with Crippen LogP contribution in [0.2, 0.25) is 5.02 Å². The van der Waals surface area contributed by atoms with E-state index in [0.717, 1.165) is 19.3 Å². The molecule has 2 amide bonds. The molecule has 0 bridgehead atoms. The van der Waals surface area contributed by atoms with Crippen LogP contribution in [0, 0.1) is 0 Å². The predicted octanol–water partition coefficient (Wildman–Crippen LogP) is 4.31. The van der Waals surface area contributed by atoms with Gasteiger partial charge in [-0.25, -0.2) is 0 Å². The van der Waals surface area contributed by atoms with Gasteiger partial charge in [0.2, 0.25) is 11.8 Å².